The maximum atomic E-state index is 10.8. The molecule has 0 fully saturated rings. The first-order chi connectivity index (χ1) is 10.2. The Labute approximate surface area is 124 Å². The van der Waals surface area contributed by atoms with Gasteiger partial charge in [-0.3, -0.25) is 9.78 Å². The number of thiophene rings is 1. The summed E-state index contributed by atoms with van der Waals surface area (Å²) in [6, 6.07) is 11.2. The first-order valence-electron chi connectivity index (χ1n) is 6.26. The number of carbonyl (C=O) groups is 1. The van der Waals surface area contributed by atoms with Crippen LogP contribution in [0.25, 0.3) is 21.2 Å². The molecule has 0 radical (unpaired) electrons. The van der Waals surface area contributed by atoms with Gasteiger partial charge in [0.2, 0.25) is 0 Å². The molecule has 0 unspecified atom stereocenters. The molecule has 0 aliphatic heterocycles. The van der Waals surface area contributed by atoms with Crippen molar-refractivity contribution in [1.29, 1.82) is 5.26 Å². The number of carboxylic acid groups (broad SMARTS) is 1. The van der Waals surface area contributed by atoms with Crippen molar-refractivity contribution in [2.45, 2.75) is 6.42 Å². The van der Waals surface area contributed by atoms with Crippen molar-refractivity contribution < 1.29 is 9.90 Å². The van der Waals surface area contributed by atoms with Gasteiger partial charge in [-0.25, -0.2) is 0 Å². The quantitative estimate of drug-likeness (QED) is 0.802. The summed E-state index contributed by atoms with van der Waals surface area (Å²) in [5, 5.41) is 18.7. The zero-order valence-corrected chi connectivity index (χ0v) is 11.7. The predicted molar refractivity (Wildman–Crippen MR) is 81.1 cm³/mol. The minimum atomic E-state index is -0.838. The van der Waals surface area contributed by atoms with Gasteiger partial charge in [0.1, 0.15) is 0 Å². The van der Waals surface area contributed by atoms with Crippen LogP contribution in [0.3, 0.4) is 0 Å². The zero-order valence-electron chi connectivity index (χ0n) is 10.9. The van der Waals surface area contributed by atoms with E-state index in [2.05, 4.69) is 11.1 Å². The summed E-state index contributed by atoms with van der Waals surface area (Å²) in [6.07, 6.45) is 3.53. The lowest BCUT2D eigenvalue weighted by molar-refractivity contribution is -0.136. The summed E-state index contributed by atoms with van der Waals surface area (Å²) in [6.45, 7) is 0. The molecule has 0 saturated carbocycles. The largest absolute Gasteiger partial charge is 0.481 e. The summed E-state index contributed by atoms with van der Waals surface area (Å²) in [4.78, 5) is 15.9. The van der Waals surface area contributed by atoms with Crippen LogP contribution in [0.1, 0.15) is 10.4 Å². The van der Waals surface area contributed by atoms with E-state index >= 15 is 0 Å². The minimum absolute atomic E-state index is 0.0200. The van der Waals surface area contributed by atoms with E-state index in [0.717, 1.165) is 26.1 Å². The van der Waals surface area contributed by atoms with E-state index in [4.69, 9.17) is 10.4 Å². The molecule has 0 atom stereocenters. The molecule has 0 saturated heterocycles. The number of hydrogen-bond donors (Lipinski definition) is 1. The lowest BCUT2D eigenvalue weighted by atomic mass is 10.1. The number of rotatable bonds is 3. The maximum Gasteiger partial charge on any atom is 0.308 e. The fourth-order valence-corrected chi connectivity index (χ4v) is 3.34. The topological polar surface area (TPSA) is 74.0 Å². The number of carboxylic acids is 1. The highest BCUT2D eigenvalue weighted by atomic mass is 32.1. The molecule has 1 aromatic carbocycles. The predicted octanol–water partition coefficient (Wildman–Crippen LogP) is 3.46. The van der Waals surface area contributed by atoms with Crippen molar-refractivity contribution >= 4 is 27.4 Å². The fraction of sp³-hybridized carbons (Fsp3) is 0.0625. The molecule has 0 bridgehead atoms. The standard InChI is InChI=1S/C16H10N2O2S/c17-7-10-1-3-11(4-2-10)14-9-18-8-12-5-13(6-15(19)20)21-16(12)14/h1-5,8-9H,6H2,(H,19,20). The molecule has 0 aliphatic carbocycles. The van der Waals surface area contributed by atoms with Crippen molar-refractivity contribution in [3.8, 4) is 17.2 Å². The highest BCUT2D eigenvalue weighted by molar-refractivity contribution is 7.19. The van der Waals surface area contributed by atoms with Crippen LogP contribution in [-0.2, 0) is 11.2 Å². The van der Waals surface area contributed by atoms with E-state index in [-0.39, 0.29) is 6.42 Å². The molecule has 0 aliphatic rings. The second-order valence-electron chi connectivity index (χ2n) is 4.58. The van der Waals surface area contributed by atoms with Gasteiger partial charge in [-0.05, 0) is 23.8 Å². The summed E-state index contributed by atoms with van der Waals surface area (Å²) < 4.78 is 1.02. The Hall–Kier alpha value is -2.71. The molecular weight excluding hydrogens is 284 g/mol. The molecule has 0 amide bonds. The fourth-order valence-electron chi connectivity index (χ4n) is 2.18. The number of aliphatic carboxylic acids is 1. The van der Waals surface area contributed by atoms with Crippen molar-refractivity contribution in [3.05, 3.63) is 53.2 Å². The Kier molecular flexibility index (Phi) is 3.38. The van der Waals surface area contributed by atoms with Gasteiger partial charge >= 0.3 is 5.97 Å². The Bertz CT molecular complexity index is 860. The van der Waals surface area contributed by atoms with Gasteiger partial charge in [0.15, 0.2) is 0 Å². The molecule has 102 valence electrons. The molecule has 3 aromatic rings. The Balaban J connectivity index is 2.11. The van der Waals surface area contributed by atoms with Crippen molar-refractivity contribution in [2.75, 3.05) is 0 Å². The van der Waals surface area contributed by atoms with Crippen molar-refractivity contribution in [3.63, 3.8) is 0 Å². The first-order valence-corrected chi connectivity index (χ1v) is 7.08. The third-order valence-electron chi connectivity index (χ3n) is 3.12. The second kappa shape index (κ2) is 5.35. The number of benzene rings is 1. The number of pyridine rings is 1. The molecule has 2 heterocycles. The Morgan fingerprint density at radius 1 is 1.29 bits per heavy atom. The average molecular weight is 294 g/mol. The molecule has 2 aromatic heterocycles. The number of aromatic nitrogens is 1. The molecule has 1 N–H and O–H groups in total. The van der Waals surface area contributed by atoms with Crippen molar-refractivity contribution in [2.24, 2.45) is 0 Å². The van der Waals surface area contributed by atoms with Crippen LogP contribution >= 0.6 is 11.3 Å². The smallest absolute Gasteiger partial charge is 0.308 e. The monoisotopic (exact) mass is 294 g/mol. The number of nitrogens with zero attached hydrogens (tertiary/aromatic N) is 2. The van der Waals surface area contributed by atoms with Crippen LogP contribution < -0.4 is 0 Å². The van der Waals surface area contributed by atoms with Crippen LogP contribution in [0, 0.1) is 11.3 Å². The summed E-state index contributed by atoms with van der Waals surface area (Å²) in [7, 11) is 0. The third kappa shape index (κ3) is 2.62. The third-order valence-corrected chi connectivity index (χ3v) is 4.31. The molecule has 3 rings (SSSR count). The van der Waals surface area contributed by atoms with Gasteiger partial charge in [0.05, 0.1) is 18.1 Å². The maximum absolute atomic E-state index is 10.8. The molecular formula is C16H10N2O2S. The molecule has 4 nitrogen and oxygen atoms in total. The SMILES string of the molecule is N#Cc1ccc(-c2cncc3cc(CC(=O)O)sc23)cc1. The van der Waals surface area contributed by atoms with Crippen molar-refractivity contribution in [1.82, 2.24) is 4.98 Å². The van der Waals surface area contributed by atoms with Gasteiger partial charge in [0, 0.05) is 32.9 Å². The normalized spacial score (nSPS) is 10.4. The molecule has 0 spiro atoms. The van der Waals surface area contributed by atoms with E-state index in [1.54, 1.807) is 24.5 Å². The van der Waals surface area contributed by atoms with E-state index < -0.39 is 5.97 Å². The zero-order chi connectivity index (χ0) is 14.8. The lowest BCUT2D eigenvalue weighted by Gasteiger charge is -2.02. The summed E-state index contributed by atoms with van der Waals surface area (Å²) in [5.41, 5.74) is 2.53. The van der Waals surface area contributed by atoms with Crippen LogP contribution in [0.15, 0.2) is 42.7 Å². The molecule has 21 heavy (non-hydrogen) atoms. The van der Waals surface area contributed by atoms with E-state index in [1.807, 2.05) is 18.2 Å². The number of nitriles is 1. The van der Waals surface area contributed by atoms with E-state index in [0.29, 0.717) is 5.56 Å². The van der Waals surface area contributed by atoms with Gasteiger partial charge in [0.25, 0.3) is 0 Å². The average Bonchev–Trinajstić information content (AvgIpc) is 2.88. The minimum Gasteiger partial charge on any atom is -0.481 e. The van der Waals surface area contributed by atoms with Gasteiger partial charge in [-0.1, -0.05) is 12.1 Å². The number of hydrogen-bond acceptors (Lipinski definition) is 4. The van der Waals surface area contributed by atoms with Gasteiger partial charge in [-0.15, -0.1) is 11.3 Å². The summed E-state index contributed by atoms with van der Waals surface area (Å²) >= 11 is 1.47. The highest BCUT2D eigenvalue weighted by Crippen LogP contribution is 2.34. The van der Waals surface area contributed by atoms with Gasteiger partial charge in [-0.2, -0.15) is 5.26 Å². The highest BCUT2D eigenvalue weighted by Gasteiger charge is 2.11. The van der Waals surface area contributed by atoms with E-state index in [1.165, 1.54) is 11.3 Å². The second-order valence-corrected chi connectivity index (χ2v) is 5.71. The number of fused-ring (bicyclic) bond motifs is 1. The van der Waals surface area contributed by atoms with Crippen LogP contribution in [0.5, 0.6) is 0 Å². The first kappa shape index (κ1) is 13.3. The Morgan fingerprint density at radius 3 is 2.71 bits per heavy atom. The van der Waals surface area contributed by atoms with Gasteiger partial charge < -0.3 is 5.11 Å². The lowest BCUT2D eigenvalue weighted by Crippen LogP contribution is -1.96. The molecule has 5 heteroatoms. The Morgan fingerprint density at radius 2 is 2.05 bits per heavy atom. The summed E-state index contributed by atoms with van der Waals surface area (Å²) in [5.74, 6) is -0.838. The van der Waals surface area contributed by atoms with Crippen LogP contribution in [0.2, 0.25) is 0 Å². The van der Waals surface area contributed by atoms with Crippen LogP contribution in [0.4, 0.5) is 0 Å². The van der Waals surface area contributed by atoms with E-state index in [9.17, 15) is 4.79 Å². The van der Waals surface area contributed by atoms with Crippen LogP contribution in [-0.4, -0.2) is 16.1 Å².